The molecule has 8 aromatic rings. The summed E-state index contributed by atoms with van der Waals surface area (Å²) in [6.45, 7) is 0. The van der Waals surface area contributed by atoms with Crippen molar-refractivity contribution < 1.29 is 0 Å². The third-order valence-electron chi connectivity index (χ3n) is 9.08. The van der Waals surface area contributed by atoms with Crippen LogP contribution >= 0.6 is 0 Å². The second-order valence-electron chi connectivity index (χ2n) is 12.2. The Labute approximate surface area is 288 Å². The fraction of sp³-hybridized carbons (Fsp3) is 0. The third-order valence-corrected chi connectivity index (χ3v) is 9.08. The van der Waals surface area contributed by atoms with Gasteiger partial charge >= 0.3 is 0 Å². The summed E-state index contributed by atoms with van der Waals surface area (Å²) in [5.74, 6) is 0. The molecule has 1 nitrogen and oxygen atoms in total. The summed E-state index contributed by atoms with van der Waals surface area (Å²) in [5, 5.41) is 3.75. The average molecular weight is 626 g/mol. The van der Waals surface area contributed by atoms with Gasteiger partial charge in [-0.15, -0.1) is 0 Å². The summed E-state index contributed by atoms with van der Waals surface area (Å²) in [4.78, 5) is 0. The van der Waals surface area contributed by atoms with Crippen molar-refractivity contribution in [2.45, 2.75) is 0 Å². The van der Waals surface area contributed by atoms with E-state index in [-0.39, 0.29) is 0 Å². The molecule has 0 radical (unpaired) electrons. The van der Waals surface area contributed by atoms with Gasteiger partial charge in [0.05, 0.1) is 0 Å². The monoisotopic (exact) mass is 625 g/mol. The SMILES string of the molecule is c1ccc(-c2ccc(Nc3ccc(-c4cc(-c5ccccc5)cc(-c5ccccc5)c4-c4ccccc4)cc3-c3ccccc3)cc2)cc1. The minimum Gasteiger partial charge on any atom is -0.355 e. The normalized spacial score (nSPS) is 10.9. The van der Waals surface area contributed by atoms with E-state index in [4.69, 9.17) is 0 Å². The highest BCUT2D eigenvalue weighted by molar-refractivity contribution is 5.99. The molecule has 0 heterocycles. The molecule has 0 aliphatic rings. The Morgan fingerprint density at radius 3 is 1.14 bits per heavy atom. The van der Waals surface area contributed by atoms with Crippen LogP contribution in [0.3, 0.4) is 0 Å². The molecule has 0 amide bonds. The molecule has 0 spiro atoms. The summed E-state index contributed by atoms with van der Waals surface area (Å²) in [6.07, 6.45) is 0. The van der Waals surface area contributed by atoms with Crippen LogP contribution in [-0.2, 0) is 0 Å². The molecule has 0 aromatic heterocycles. The highest BCUT2D eigenvalue weighted by Gasteiger charge is 2.18. The van der Waals surface area contributed by atoms with Crippen molar-refractivity contribution in [1.82, 2.24) is 0 Å². The molecular weight excluding hydrogens is 591 g/mol. The van der Waals surface area contributed by atoms with Crippen molar-refractivity contribution in [3.63, 3.8) is 0 Å². The first-order valence-corrected chi connectivity index (χ1v) is 16.8. The predicted molar refractivity (Wildman–Crippen MR) is 209 cm³/mol. The zero-order valence-electron chi connectivity index (χ0n) is 27.1. The quantitative estimate of drug-likeness (QED) is 0.177. The first kappa shape index (κ1) is 29.9. The van der Waals surface area contributed by atoms with Gasteiger partial charge < -0.3 is 5.32 Å². The Balaban J connectivity index is 1.31. The van der Waals surface area contributed by atoms with Crippen LogP contribution in [0.1, 0.15) is 0 Å². The van der Waals surface area contributed by atoms with Gasteiger partial charge in [-0.2, -0.15) is 0 Å². The Kier molecular flexibility index (Phi) is 8.39. The van der Waals surface area contributed by atoms with E-state index >= 15 is 0 Å². The molecule has 1 N–H and O–H groups in total. The smallest absolute Gasteiger partial charge is 0.0464 e. The average Bonchev–Trinajstić information content (AvgIpc) is 3.19. The largest absolute Gasteiger partial charge is 0.355 e. The Hall–Kier alpha value is -6.44. The number of nitrogens with one attached hydrogen (secondary N) is 1. The highest BCUT2D eigenvalue weighted by Crippen LogP contribution is 2.45. The van der Waals surface area contributed by atoms with E-state index in [1.165, 1.54) is 50.1 Å². The Morgan fingerprint density at radius 1 is 0.245 bits per heavy atom. The lowest BCUT2D eigenvalue weighted by Gasteiger charge is -2.21. The molecule has 0 saturated carbocycles. The van der Waals surface area contributed by atoms with Gasteiger partial charge in [0, 0.05) is 16.9 Å². The fourth-order valence-corrected chi connectivity index (χ4v) is 6.64. The fourth-order valence-electron chi connectivity index (χ4n) is 6.64. The maximum atomic E-state index is 3.75. The van der Waals surface area contributed by atoms with Crippen molar-refractivity contribution in [3.8, 4) is 66.8 Å². The number of hydrogen-bond acceptors (Lipinski definition) is 1. The van der Waals surface area contributed by atoms with E-state index in [2.05, 4.69) is 212 Å². The van der Waals surface area contributed by atoms with Gasteiger partial charge in [-0.1, -0.05) is 170 Å². The summed E-state index contributed by atoms with van der Waals surface area (Å²) < 4.78 is 0. The van der Waals surface area contributed by atoms with Crippen LogP contribution in [0.2, 0.25) is 0 Å². The van der Waals surface area contributed by atoms with E-state index in [1.54, 1.807) is 0 Å². The van der Waals surface area contributed by atoms with Crippen LogP contribution < -0.4 is 5.32 Å². The van der Waals surface area contributed by atoms with E-state index in [1.807, 2.05) is 0 Å². The number of hydrogen-bond donors (Lipinski definition) is 1. The molecule has 0 bridgehead atoms. The molecule has 1 heteroatoms. The van der Waals surface area contributed by atoms with Gasteiger partial charge in [0.1, 0.15) is 0 Å². The molecule has 8 rings (SSSR count). The molecule has 8 aromatic carbocycles. The Morgan fingerprint density at radius 2 is 0.612 bits per heavy atom. The molecule has 0 unspecified atom stereocenters. The van der Waals surface area contributed by atoms with Crippen molar-refractivity contribution in [2.24, 2.45) is 0 Å². The second kappa shape index (κ2) is 13.7. The second-order valence-corrected chi connectivity index (χ2v) is 12.2. The summed E-state index contributed by atoms with van der Waals surface area (Å²) in [6, 6.07) is 73.7. The number of benzene rings is 8. The first-order chi connectivity index (χ1) is 24.3. The van der Waals surface area contributed by atoms with Crippen molar-refractivity contribution in [2.75, 3.05) is 5.32 Å². The van der Waals surface area contributed by atoms with Gasteiger partial charge in [0.15, 0.2) is 0 Å². The van der Waals surface area contributed by atoms with E-state index in [0.29, 0.717) is 0 Å². The predicted octanol–water partition coefficient (Wildman–Crippen LogP) is 13.4. The van der Waals surface area contributed by atoms with Gasteiger partial charge in [-0.25, -0.2) is 0 Å². The minimum absolute atomic E-state index is 1.05. The topological polar surface area (TPSA) is 12.0 Å². The maximum absolute atomic E-state index is 3.75. The van der Waals surface area contributed by atoms with Crippen LogP contribution in [0.15, 0.2) is 206 Å². The van der Waals surface area contributed by atoms with Crippen molar-refractivity contribution in [1.29, 1.82) is 0 Å². The van der Waals surface area contributed by atoms with E-state index < -0.39 is 0 Å². The molecule has 232 valence electrons. The maximum Gasteiger partial charge on any atom is 0.0464 e. The van der Waals surface area contributed by atoms with Gasteiger partial charge in [-0.3, -0.25) is 0 Å². The van der Waals surface area contributed by atoms with Crippen LogP contribution in [0.5, 0.6) is 0 Å². The molecule has 49 heavy (non-hydrogen) atoms. The lowest BCUT2D eigenvalue weighted by atomic mass is 9.84. The highest BCUT2D eigenvalue weighted by atomic mass is 14.9. The van der Waals surface area contributed by atoms with Crippen LogP contribution in [-0.4, -0.2) is 0 Å². The van der Waals surface area contributed by atoms with E-state index in [0.717, 1.165) is 28.1 Å². The zero-order valence-corrected chi connectivity index (χ0v) is 27.1. The molecule has 0 fully saturated rings. The third kappa shape index (κ3) is 6.43. The number of anilines is 2. The molecule has 0 aliphatic heterocycles. The molecule has 0 atom stereocenters. The summed E-state index contributed by atoms with van der Waals surface area (Å²) in [7, 11) is 0. The summed E-state index contributed by atoms with van der Waals surface area (Å²) >= 11 is 0. The Bertz CT molecular complexity index is 2290. The zero-order chi connectivity index (χ0) is 32.8. The minimum atomic E-state index is 1.05. The van der Waals surface area contributed by atoms with E-state index in [9.17, 15) is 0 Å². The number of rotatable bonds is 8. The standard InChI is InChI=1S/C48H35N/c1-6-16-35(17-7-1)37-26-29-43(30-27-37)49-47-31-28-41(32-44(47)38-20-10-3-11-21-38)46-34-42(36-18-8-2-9-19-36)33-45(39-22-12-4-13-23-39)48(46)40-24-14-5-15-25-40/h1-34,49H. The van der Waals surface area contributed by atoms with Gasteiger partial charge in [0.25, 0.3) is 0 Å². The lowest BCUT2D eigenvalue weighted by molar-refractivity contribution is 1.51. The lowest BCUT2D eigenvalue weighted by Crippen LogP contribution is -1.96. The van der Waals surface area contributed by atoms with Gasteiger partial charge in [0.2, 0.25) is 0 Å². The molecule has 0 aliphatic carbocycles. The summed E-state index contributed by atoms with van der Waals surface area (Å²) in [5.41, 5.74) is 16.4. The van der Waals surface area contributed by atoms with Crippen LogP contribution in [0.4, 0.5) is 11.4 Å². The van der Waals surface area contributed by atoms with Crippen LogP contribution in [0.25, 0.3) is 66.8 Å². The van der Waals surface area contributed by atoms with Gasteiger partial charge in [-0.05, 0) is 97.6 Å². The van der Waals surface area contributed by atoms with Crippen LogP contribution in [0, 0.1) is 0 Å². The first-order valence-electron chi connectivity index (χ1n) is 16.8. The molecule has 0 saturated heterocycles. The van der Waals surface area contributed by atoms with Crippen molar-refractivity contribution >= 4 is 11.4 Å². The molecular formula is C48H35N. The van der Waals surface area contributed by atoms with Crippen molar-refractivity contribution in [3.05, 3.63) is 206 Å².